The van der Waals surface area contributed by atoms with Crippen molar-refractivity contribution in [2.75, 3.05) is 40.6 Å². The average molecular weight is 298 g/mol. The first kappa shape index (κ1) is 17.8. The lowest BCUT2D eigenvalue weighted by atomic mass is 10.1. The van der Waals surface area contributed by atoms with E-state index >= 15 is 0 Å². The quantitative estimate of drug-likeness (QED) is 0.672. The lowest BCUT2D eigenvalue weighted by Crippen LogP contribution is -2.13. The zero-order valence-corrected chi connectivity index (χ0v) is 13.3. The molecule has 0 aliphatic rings. The van der Waals surface area contributed by atoms with Gasteiger partial charge < -0.3 is 24.1 Å². The Bertz CT molecular complexity index is 406. The Hall–Kier alpha value is -1.30. The number of aliphatic hydroxyl groups excluding tert-OH is 1. The van der Waals surface area contributed by atoms with Gasteiger partial charge >= 0.3 is 0 Å². The predicted octanol–water partition coefficient (Wildman–Crippen LogP) is 2.43. The van der Waals surface area contributed by atoms with Gasteiger partial charge in [-0.1, -0.05) is 13.8 Å². The topological polar surface area (TPSA) is 57.2 Å². The molecule has 5 heteroatoms. The highest BCUT2D eigenvalue weighted by Gasteiger charge is 2.14. The number of benzene rings is 1. The highest BCUT2D eigenvalue weighted by Crippen LogP contribution is 2.29. The number of ether oxygens (including phenoxy) is 4. The Morgan fingerprint density at radius 1 is 1.00 bits per heavy atom. The summed E-state index contributed by atoms with van der Waals surface area (Å²) in [6, 6.07) is 5.31. The highest BCUT2D eigenvalue weighted by molar-refractivity contribution is 5.41. The first-order valence-corrected chi connectivity index (χ1v) is 7.14. The third-order valence-electron chi connectivity index (χ3n) is 2.89. The van der Waals surface area contributed by atoms with Gasteiger partial charge in [0.25, 0.3) is 0 Å². The van der Waals surface area contributed by atoms with Crippen molar-refractivity contribution < 1.29 is 24.1 Å². The number of aliphatic hydroxyl groups is 1. The molecule has 0 saturated carbocycles. The summed E-state index contributed by atoms with van der Waals surface area (Å²) in [6.07, 6.45) is -0.764. The van der Waals surface area contributed by atoms with Crippen LogP contribution >= 0.6 is 0 Å². The van der Waals surface area contributed by atoms with E-state index in [-0.39, 0.29) is 6.61 Å². The van der Waals surface area contributed by atoms with Crippen LogP contribution in [-0.2, 0) is 9.47 Å². The molecule has 0 spiro atoms. The molecule has 0 aliphatic heterocycles. The van der Waals surface area contributed by atoms with Crippen LogP contribution in [-0.4, -0.2) is 45.8 Å². The Kier molecular flexibility index (Phi) is 8.12. The first-order valence-electron chi connectivity index (χ1n) is 7.14. The van der Waals surface area contributed by atoms with Crippen LogP contribution < -0.4 is 9.47 Å². The standard InChI is InChI=1S/C16H26O5/c1-12(2)10-20-7-8-21-11-15(17)14-9-13(18-3)5-6-16(14)19-4/h5-6,9,12,15,17H,7-8,10-11H2,1-4H3. The molecule has 1 aromatic carbocycles. The van der Waals surface area contributed by atoms with Gasteiger partial charge in [0.05, 0.1) is 34.0 Å². The normalized spacial score (nSPS) is 12.5. The fraction of sp³-hybridized carbons (Fsp3) is 0.625. The number of hydrogen-bond donors (Lipinski definition) is 1. The molecule has 1 atom stereocenters. The first-order chi connectivity index (χ1) is 10.1. The lowest BCUT2D eigenvalue weighted by Gasteiger charge is -2.16. The zero-order chi connectivity index (χ0) is 15.7. The Morgan fingerprint density at radius 3 is 2.24 bits per heavy atom. The van der Waals surface area contributed by atoms with E-state index in [9.17, 15) is 5.11 Å². The molecule has 0 heterocycles. The molecule has 5 nitrogen and oxygen atoms in total. The van der Waals surface area contributed by atoms with Crippen molar-refractivity contribution >= 4 is 0 Å². The van der Waals surface area contributed by atoms with Gasteiger partial charge in [0, 0.05) is 12.2 Å². The number of rotatable bonds is 10. The summed E-state index contributed by atoms with van der Waals surface area (Å²) in [5.41, 5.74) is 0.653. The molecular formula is C16H26O5. The van der Waals surface area contributed by atoms with Gasteiger partial charge in [-0.2, -0.15) is 0 Å². The summed E-state index contributed by atoms with van der Waals surface area (Å²) < 4.78 is 21.2. The van der Waals surface area contributed by atoms with Gasteiger partial charge in [-0.15, -0.1) is 0 Å². The highest BCUT2D eigenvalue weighted by atomic mass is 16.5. The molecular weight excluding hydrogens is 272 g/mol. The van der Waals surface area contributed by atoms with Gasteiger partial charge in [0.2, 0.25) is 0 Å². The van der Waals surface area contributed by atoms with E-state index in [0.29, 0.717) is 36.2 Å². The van der Waals surface area contributed by atoms with E-state index in [1.807, 2.05) is 0 Å². The molecule has 0 bridgehead atoms. The van der Waals surface area contributed by atoms with Crippen molar-refractivity contribution in [3.8, 4) is 11.5 Å². The molecule has 0 radical (unpaired) electrons. The van der Waals surface area contributed by atoms with Gasteiger partial charge in [-0.3, -0.25) is 0 Å². The molecule has 21 heavy (non-hydrogen) atoms. The molecule has 1 rings (SSSR count). The summed E-state index contributed by atoms with van der Waals surface area (Å²) in [5.74, 6) is 1.80. The van der Waals surface area contributed by atoms with Crippen LogP contribution in [0.1, 0.15) is 25.5 Å². The maximum absolute atomic E-state index is 10.2. The van der Waals surface area contributed by atoms with E-state index in [1.54, 1.807) is 32.4 Å². The molecule has 1 N–H and O–H groups in total. The number of methoxy groups -OCH3 is 2. The van der Waals surface area contributed by atoms with E-state index in [1.165, 1.54) is 0 Å². The summed E-state index contributed by atoms with van der Waals surface area (Å²) >= 11 is 0. The molecule has 120 valence electrons. The molecule has 0 aliphatic carbocycles. The fourth-order valence-corrected chi connectivity index (χ4v) is 1.82. The summed E-state index contributed by atoms with van der Waals surface area (Å²) in [6.45, 7) is 6.08. The van der Waals surface area contributed by atoms with Crippen LogP contribution in [0.5, 0.6) is 11.5 Å². The Labute approximate surface area is 126 Å². The second-order valence-corrected chi connectivity index (χ2v) is 5.17. The second kappa shape index (κ2) is 9.60. The van der Waals surface area contributed by atoms with Gasteiger partial charge in [-0.25, -0.2) is 0 Å². The van der Waals surface area contributed by atoms with E-state index in [2.05, 4.69) is 13.8 Å². The minimum absolute atomic E-state index is 0.189. The van der Waals surface area contributed by atoms with Crippen LogP contribution in [0.4, 0.5) is 0 Å². The maximum atomic E-state index is 10.2. The Balaban J connectivity index is 2.42. The van der Waals surface area contributed by atoms with Crippen molar-refractivity contribution in [2.24, 2.45) is 5.92 Å². The van der Waals surface area contributed by atoms with Crippen LogP contribution in [0.15, 0.2) is 18.2 Å². The molecule has 0 aromatic heterocycles. The van der Waals surface area contributed by atoms with Gasteiger partial charge in [-0.05, 0) is 24.1 Å². The van der Waals surface area contributed by atoms with Crippen LogP contribution in [0.3, 0.4) is 0 Å². The maximum Gasteiger partial charge on any atom is 0.125 e. The molecule has 1 aromatic rings. The minimum atomic E-state index is -0.764. The average Bonchev–Trinajstić information content (AvgIpc) is 2.49. The van der Waals surface area contributed by atoms with Crippen molar-refractivity contribution in [1.29, 1.82) is 0 Å². The zero-order valence-electron chi connectivity index (χ0n) is 13.3. The SMILES string of the molecule is COc1ccc(OC)c(C(O)COCCOCC(C)C)c1. The fourth-order valence-electron chi connectivity index (χ4n) is 1.82. The third kappa shape index (κ3) is 6.33. The predicted molar refractivity (Wildman–Crippen MR) is 81.0 cm³/mol. The summed E-state index contributed by atoms with van der Waals surface area (Å²) in [7, 11) is 3.15. The smallest absolute Gasteiger partial charge is 0.125 e. The van der Waals surface area contributed by atoms with Crippen LogP contribution in [0.25, 0.3) is 0 Å². The largest absolute Gasteiger partial charge is 0.497 e. The van der Waals surface area contributed by atoms with Crippen molar-refractivity contribution in [3.05, 3.63) is 23.8 Å². The third-order valence-corrected chi connectivity index (χ3v) is 2.89. The van der Waals surface area contributed by atoms with Gasteiger partial charge in [0.15, 0.2) is 0 Å². The molecule has 1 unspecified atom stereocenters. The molecule has 0 saturated heterocycles. The van der Waals surface area contributed by atoms with Crippen LogP contribution in [0.2, 0.25) is 0 Å². The molecule has 0 amide bonds. The van der Waals surface area contributed by atoms with E-state index < -0.39 is 6.10 Å². The lowest BCUT2D eigenvalue weighted by molar-refractivity contribution is -0.00184. The van der Waals surface area contributed by atoms with Gasteiger partial charge in [0.1, 0.15) is 17.6 Å². The van der Waals surface area contributed by atoms with E-state index in [4.69, 9.17) is 18.9 Å². The monoisotopic (exact) mass is 298 g/mol. The van der Waals surface area contributed by atoms with Crippen molar-refractivity contribution in [2.45, 2.75) is 20.0 Å². The van der Waals surface area contributed by atoms with Crippen molar-refractivity contribution in [3.63, 3.8) is 0 Å². The Morgan fingerprint density at radius 2 is 1.67 bits per heavy atom. The van der Waals surface area contributed by atoms with Crippen molar-refractivity contribution in [1.82, 2.24) is 0 Å². The minimum Gasteiger partial charge on any atom is -0.497 e. The van der Waals surface area contributed by atoms with E-state index in [0.717, 1.165) is 6.61 Å². The second-order valence-electron chi connectivity index (χ2n) is 5.17. The number of hydrogen-bond acceptors (Lipinski definition) is 5. The van der Waals surface area contributed by atoms with Crippen LogP contribution in [0, 0.1) is 5.92 Å². The molecule has 0 fully saturated rings. The summed E-state index contributed by atoms with van der Waals surface area (Å²) in [5, 5.41) is 10.2. The summed E-state index contributed by atoms with van der Waals surface area (Å²) in [4.78, 5) is 0.